The molecule has 0 fully saturated rings. The molecule has 0 spiro atoms. The number of fused-ring (bicyclic) bond motifs is 1. The van der Waals surface area contributed by atoms with Crippen molar-refractivity contribution in [1.29, 1.82) is 0 Å². The van der Waals surface area contributed by atoms with Gasteiger partial charge in [-0.15, -0.1) is 0 Å². The van der Waals surface area contributed by atoms with Crippen LogP contribution >= 0.6 is 0 Å². The molecule has 2 unspecified atom stereocenters. The van der Waals surface area contributed by atoms with E-state index in [1.54, 1.807) is 27.0 Å². The normalized spacial score (nSPS) is 13.3. The molecule has 12 heteroatoms. The number of para-hydroxylation sites is 1. The second-order valence-corrected chi connectivity index (χ2v) is 12.7. The van der Waals surface area contributed by atoms with Gasteiger partial charge in [0.25, 0.3) is 0 Å². The van der Waals surface area contributed by atoms with Crippen molar-refractivity contribution in [3.8, 4) is 0 Å². The zero-order valence-electron chi connectivity index (χ0n) is 27.0. The van der Waals surface area contributed by atoms with Gasteiger partial charge in [0.15, 0.2) is 0 Å². The number of H-pyrrole nitrogens is 1. The Labute approximate surface area is 269 Å². The molecule has 6 N–H and O–H groups in total. The predicted octanol–water partition coefficient (Wildman–Crippen LogP) is 3.80. The Bertz CT molecular complexity index is 1500. The number of carboxylic acid groups (broad SMARTS) is 1. The van der Waals surface area contributed by atoms with Crippen molar-refractivity contribution < 1.29 is 33.8 Å². The summed E-state index contributed by atoms with van der Waals surface area (Å²) >= 11 is 0. The number of aliphatic carboxylic acids is 1. The van der Waals surface area contributed by atoms with Crippen molar-refractivity contribution in [2.45, 2.75) is 90.6 Å². The quantitative estimate of drug-likeness (QED) is 0.147. The molecular weight excluding hydrogens is 590 g/mol. The number of alkyl carbamates (subject to hydrolysis) is 1. The van der Waals surface area contributed by atoms with Crippen molar-refractivity contribution in [3.05, 3.63) is 71.9 Å². The zero-order chi connectivity index (χ0) is 33.9. The smallest absolute Gasteiger partial charge is 0.408 e. The number of amides is 4. The van der Waals surface area contributed by atoms with Crippen LogP contribution in [0, 0.1) is 5.92 Å². The van der Waals surface area contributed by atoms with Gasteiger partial charge < -0.3 is 36.1 Å². The maximum absolute atomic E-state index is 13.7. The highest BCUT2D eigenvalue weighted by atomic mass is 16.6. The Morgan fingerprint density at radius 3 is 2.17 bits per heavy atom. The van der Waals surface area contributed by atoms with E-state index >= 15 is 0 Å². The Morgan fingerprint density at radius 1 is 0.848 bits per heavy atom. The third-order valence-corrected chi connectivity index (χ3v) is 6.98. The van der Waals surface area contributed by atoms with E-state index in [1.807, 2.05) is 68.4 Å². The number of hydrogen-bond donors (Lipinski definition) is 6. The van der Waals surface area contributed by atoms with E-state index in [0.29, 0.717) is 6.42 Å². The molecule has 0 saturated heterocycles. The lowest BCUT2D eigenvalue weighted by atomic mass is 9.99. The van der Waals surface area contributed by atoms with E-state index in [4.69, 9.17) is 4.74 Å². The molecular formula is C34H45N5O7. The summed E-state index contributed by atoms with van der Waals surface area (Å²) in [6.07, 6.45) is 0.765. The SMILES string of the molecule is CC(C)CC(CC(=O)N[C@H](CC(=O)O)C(=O)NCc1ccccc1)NC(=O)C(Cc1c[nH]c2ccccc12)NC(=O)OC(C)(C)C. The summed E-state index contributed by atoms with van der Waals surface area (Å²) < 4.78 is 5.42. The lowest BCUT2D eigenvalue weighted by Crippen LogP contribution is -2.53. The van der Waals surface area contributed by atoms with Gasteiger partial charge in [0, 0.05) is 42.5 Å². The van der Waals surface area contributed by atoms with Crippen LogP contribution < -0.4 is 21.3 Å². The summed E-state index contributed by atoms with van der Waals surface area (Å²) in [5.74, 6) is -2.92. The fourth-order valence-electron chi connectivity index (χ4n) is 5.01. The first-order valence-electron chi connectivity index (χ1n) is 15.4. The van der Waals surface area contributed by atoms with Crippen molar-refractivity contribution in [1.82, 2.24) is 26.3 Å². The van der Waals surface area contributed by atoms with E-state index in [2.05, 4.69) is 26.3 Å². The Hall–Kier alpha value is -4.87. The number of rotatable bonds is 15. The largest absolute Gasteiger partial charge is 0.481 e. The molecule has 0 bridgehead atoms. The third kappa shape index (κ3) is 11.9. The number of aromatic nitrogens is 1. The van der Waals surface area contributed by atoms with Crippen LogP contribution in [0.4, 0.5) is 4.79 Å². The van der Waals surface area contributed by atoms with Gasteiger partial charge in [-0.25, -0.2) is 4.79 Å². The van der Waals surface area contributed by atoms with Crippen molar-refractivity contribution in [2.24, 2.45) is 5.92 Å². The van der Waals surface area contributed by atoms with Gasteiger partial charge in [-0.05, 0) is 50.3 Å². The second kappa shape index (κ2) is 16.4. The van der Waals surface area contributed by atoms with Crippen LogP contribution in [-0.2, 0) is 36.9 Å². The number of nitrogens with one attached hydrogen (secondary N) is 5. The molecule has 0 aliphatic carbocycles. The lowest BCUT2D eigenvalue weighted by molar-refractivity contribution is -0.140. The number of benzene rings is 2. The highest BCUT2D eigenvalue weighted by Gasteiger charge is 2.30. The molecule has 4 amide bonds. The van der Waals surface area contributed by atoms with Crippen LogP contribution in [0.5, 0.6) is 0 Å². The molecule has 248 valence electrons. The Kier molecular flexibility index (Phi) is 12.7. The number of aromatic amines is 1. The number of ether oxygens (including phenoxy) is 1. The minimum atomic E-state index is -1.31. The number of hydrogen-bond acceptors (Lipinski definition) is 6. The van der Waals surface area contributed by atoms with E-state index in [0.717, 1.165) is 22.0 Å². The van der Waals surface area contributed by atoms with Crippen molar-refractivity contribution >= 4 is 40.7 Å². The highest BCUT2D eigenvalue weighted by Crippen LogP contribution is 2.20. The summed E-state index contributed by atoms with van der Waals surface area (Å²) in [6, 6.07) is 13.7. The molecule has 3 atom stereocenters. The van der Waals surface area contributed by atoms with Crippen LogP contribution in [0.15, 0.2) is 60.8 Å². The molecule has 3 rings (SSSR count). The van der Waals surface area contributed by atoms with Gasteiger partial charge in [-0.3, -0.25) is 19.2 Å². The van der Waals surface area contributed by atoms with Gasteiger partial charge in [0.1, 0.15) is 17.7 Å². The summed E-state index contributed by atoms with van der Waals surface area (Å²) in [5.41, 5.74) is 1.72. The molecule has 3 aromatic rings. The summed E-state index contributed by atoms with van der Waals surface area (Å²) in [4.78, 5) is 67.2. The van der Waals surface area contributed by atoms with Crippen LogP contribution in [0.3, 0.4) is 0 Å². The molecule has 1 heterocycles. The highest BCUT2D eigenvalue weighted by molar-refractivity contribution is 5.92. The molecule has 0 radical (unpaired) electrons. The van der Waals surface area contributed by atoms with Crippen LogP contribution in [0.1, 0.15) is 65.0 Å². The summed E-state index contributed by atoms with van der Waals surface area (Å²) in [5, 5.41) is 21.1. The van der Waals surface area contributed by atoms with Crippen LogP contribution in [0.2, 0.25) is 0 Å². The maximum atomic E-state index is 13.7. The fourth-order valence-corrected chi connectivity index (χ4v) is 5.01. The van der Waals surface area contributed by atoms with Gasteiger partial charge in [-0.2, -0.15) is 0 Å². The average Bonchev–Trinajstić information content (AvgIpc) is 3.36. The molecule has 2 aromatic carbocycles. The summed E-state index contributed by atoms with van der Waals surface area (Å²) in [7, 11) is 0. The zero-order valence-corrected chi connectivity index (χ0v) is 27.0. The maximum Gasteiger partial charge on any atom is 0.408 e. The first kappa shape index (κ1) is 35.6. The minimum absolute atomic E-state index is 0.0768. The first-order chi connectivity index (χ1) is 21.7. The number of carbonyl (C=O) groups is 5. The number of carbonyl (C=O) groups excluding carboxylic acids is 4. The second-order valence-electron chi connectivity index (χ2n) is 12.7. The van der Waals surface area contributed by atoms with E-state index in [9.17, 15) is 29.1 Å². The monoisotopic (exact) mass is 635 g/mol. The van der Waals surface area contributed by atoms with Crippen molar-refractivity contribution in [2.75, 3.05) is 0 Å². The van der Waals surface area contributed by atoms with E-state index in [-0.39, 0.29) is 25.3 Å². The standard InChI is InChI=1S/C34H45N5O7/c1-21(2)15-24(17-29(40)38-28(18-30(41)42)31(43)36-19-22-11-7-6-8-12-22)37-32(44)27(39-33(45)46-34(3,4)5)16-23-20-35-26-14-10-9-13-25(23)26/h6-14,20-21,24,27-28,35H,15-19H2,1-5H3,(H,36,43)(H,37,44)(H,38,40)(H,39,45)(H,41,42)/t24?,27?,28-/m1/s1. The molecule has 0 aliphatic rings. The minimum Gasteiger partial charge on any atom is -0.481 e. The van der Waals surface area contributed by atoms with Gasteiger partial charge in [0.2, 0.25) is 17.7 Å². The van der Waals surface area contributed by atoms with Crippen LogP contribution in [0.25, 0.3) is 10.9 Å². The fraction of sp³-hybridized carbons (Fsp3) is 0.441. The molecule has 12 nitrogen and oxygen atoms in total. The topological polar surface area (TPSA) is 179 Å². The molecule has 0 saturated carbocycles. The molecule has 0 aliphatic heterocycles. The third-order valence-electron chi connectivity index (χ3n) is 6.98. The molecule has 46 heavy (non-hydrogen) atoms. The van der Waals surface area contributed by atoms with Gasteiger partial charge in [0.05, 0.1) is 6.42 Å². The Morgan fingerprint density at radius 2 is 1.52 bits per heavy atom. The van der Waals surface area contributed by atoms with Gasteiger partial charge >= 0.3 is 12.1 Å². The molecule has 1 aromatic heterocycles. The predicted molar refractivity (Wildman–Crippen MR) is 174 cm³/mol. The first-order valence-corrected chi connectivity index (χ1v) is 15.4. The van der Waals surface area contributed by atoms with Crippen molar-refractivity contribution in [3.63, 3.8) is 0 Å². The van der Waals surface area contributed by atoms with E-state index < -0.39 is 59.9 Å². The van der Waals surface area contributed by atoms with Gasteiger partial charge in [-0.1, -0.05) is 62.4 Å². The lowest BCUT2D eigenvalue weighted by Gasteiger charge is -2.26. The number of carboxylic acids is 1. The van der Waals surface area contributed by atoms with E-state index in [1.165, 1.54) is 0 Å². The van der Waals surface area contributed by atoms with Crippen LogP contribution in [-0.4, -0.2) is 63.6 Å². The average molecular weight is 636 g/mol. The Balaban J connectivity index is 1.73. The summed E-state index contributed by atoms with van der Waals surface area (Å²) in [6.45, 7) is 9.20.